The standard InChI is InChI=1S/C10H17N2O3/c1-4-11(2)9(13)8-5-6-12(7-8)10(14)15-3/h8H,1,4-7H2,2-3H3. The molecule has 0 aromatic carbocycles. The zero-order valence-electron chi connectivity index (χ0n) is 9.23. The summed E-state index contributed by atoms with van der Waals surface area (Å²) in [6.45, 7) is 5.15. The van der Waals surface area contributed by atoms with E-state index in [1.165, 1.54) is 7.11 Å². The van der Waals surface area contributed by atoms with Crippen LogP contribution in [0, 0.1) is 12.8 Å². The van der Waals surface area contributed by atoms with E-state index in [-0.39, 0.29) is 17.9 Å². The Morgan fingerprint density at radius 1 is 1.60 bits per heavy atom. The normalized spacial score (nSPS) is 20.2. The molecule has 0 aromatic heterocycles. The lowest BCUT2D eigenvalue weighted by Crippen LogP contribution is -2.35. The quantitative estimate of drug-likeness (QED) is 0.665. The Bertz CT molecular complexity index is 255. The first kappa shape index (κ1) is 11.8. The topological polar surface area (TPSA) is 49.9 Å². The first-order chi connectivity index (χ1) is 7.10. The maximum Gasteiger partial charge on any atom is 0.409 e. The minimum absolute atomic E-state index is 0.0522. The summed E-state index contributed by atoms with van der Waals surface area (Å²) >= 11 is 0. The summed E-state index contributed by atoms with van der Waals surface area (Å²) in [5.41, 5.74) is 0. The van der Waals surface area contributed by atoms with Crippen LogP contribution in [0.25, 0.3) is 0 Å². The molecule has 1 unspecified atom stereocenters. The molecule has 0 aliphatic carbocycles. The van der Waals surface area contributed by atoms with Crippen LogP contribution in [-0.4, -0.2) is 55.6 Å². The van der Waals surface area contributed by atoms with Crippen molar-refractivity contribution in [1.29, 1.82) is 0 Å². The van der Waals surface area contributed by atoms with Crippen LogP contribution < -0.4 is 0 Å². The SMILES string of the molecule is [CH2]CN(C)C(=O)C1CCN(C(=O)OC)C1. The van der Waals surface area contributed by atoms with E-state index < -0.39 is 0 Å². The zero-order valence-corrected chi connectivity index (χ0v) is 9.23. The van der Waals surface area contributed by atoms with Crippen molar-refractivity contribution in [2.24, 2.45) is 5.92 Å². The van der Waals surface area contributed by atoms with Gasteiger partial charge in [0.05, 0.1) is 13.0 Å². The van der Waals surface area contributed by atoms with Gasteiger partial charge in [0.2, 0.25) is 5.91 Å². The van der Waals surface area contributed by atoms with Crippen LogP contribution >= 0.6 is 0 Å². The van der Waals surface area contributed by atoms with Gasteiger partial charge in [0.1, 0.15) is 0 Å². The van der Waals surface area contributed by atoms with Crippen molar-refractivity contribution in [3.63, 3.8) is 0 Å². The maximum atomic E-state index is 11.7. The van der Waals surface area contributed by atoms with Gasteiger partial charge in [0, 0.05) is 26.7 Å². The number of hydrogen-bond donors (Lipinski definition) is 0. The van der Waals surface area contributed by atoms with E-state index in [2.05, 4.69) is 11.7 Å². The van der Waals surface area contributed by atoms with Crippen LogP contribution in [0.3, 0.4) is 0 Å². The molecule has 15 heavy (non-hydrogen) atoms. The van der Waals surface area contributed by atoms with Crippen LogP contribution in [0.5, 0.6) is 0 Å². The van der Waals surface area contributed by atoms with Gasteiger partial charge in [-0.15, -0.1) is 0 Å². The van der Waals surface area contributed by atoms with Gasteiger partial charge in [-0.2, -0.15) is 0 Å². The van der Waals surface area contributed by atoms with Gasteiger partial charge in [-0.05, 0) is 13.3 Å². The van der Waals surface area contributed by atoms with E-state index in [0.29, 0.717) is 26.1 Å². The lowest BCUT2D eigenvalue weighted by Gasteiger charge is -2.19. The maximum absolute atomic E-state index is 11.7. The monoisotopic (exact) mass is 213 g/mol. The second-order valence-corrected chi connectivity index (χ2v) is 3.66. The molecule has 0 bridgehead atoms. The van der Waals surface area contributed by atoms with E-state index in [4.69, 9.17) is 0 Å². The zero-order chi connectivity index (χ0) is 11.4. The highest BCUT2D eigenvalue weighted by atomic mass is 16.5. The summed E-state index contributed by atoms with van der Waals surface area (Å²) in [6.07, 6.45) is 0.348. The Balaban J connectivity index is 2.49. The Morgan fingerprint density at radius 3 is 2.80 bits per heavy atom. The molecular weight excluding hydrogens is 196 g/mol. The average Bonchev–Trinajstić information content (AvgIpc) is 2.75. The fraction of sp³-hybridized carbons (Fsp3) is 0.700. The molecule has 2 amide bonds. The minimum atomic E-state index is -0.359. The number of likely N-dealkylation sites (tertiary alicyclic amines) is 1. The highest BCUT2D eigenvalue weighted by Gasteiger charge is 2.32. The van der Waals surface area contributed by atoms with Gasteiger partial charge in [-0.3, -0.25) is 4.79 Å². The summed E-state index contributed by atoms with van der Waals surface area (Å²) in [5, 5.41) is 0. The number of nitrogens with zero attached hydrogens (tertiary/aromatic N) is 2. The van der Waals surface area contributed by atoms with E-state index >= 15 is 0 Å². The van der Waals surface area contributed by atoms with E-state index in [1.54, 1.807) is 16.8 Å². The molecule has 0 spiro atoms. The summed E-state index contributed by atoms with van der Waals surface area (Å²) in [7, 11) is 3.07. The van der Waals surface area contributed by atoms with Crippen molar-refractivity contribution in [1.82, 2.24) is 9.80 Å². The molecular formula is C10H17N2O3. The van der Waals surface area contributed by atoms with Crippen LogP contribution in [0.4, 0.5) is 4.79 Å². The number of ether oxygens (including phenoxy) is 1. The molecule has 0 saturated carbocycles. The molecule has 0 N–H and O–H groups in total. The lowest BCUT2D eigenvalue weighted by molar-refractivity contribution is -0.133. The second-order valence-electron chi connectivity index (χ2n) is 3.66. The molecule has 5 nitrogen and oxygen atoms in total. The van der Waals surface area contributed by atoms with E-state index in [9.17, 15) is 9.59 Å². The van der Waals surface area contributed by atoms with E-state index in [1.807, 2.05) is 0 Å². The Kier molecular flexibility index (Phi) is 3.94. The van der Waals surface area contributed by atoms with Crippen molar-refractivity contribution < 1.29 is 14.3 Å². The highest BCUT2D eigenvalue weighted by molar-refractivity contribution is 5.80. The van der Waals surface area contributed by atoms with Gasteiger partial charge in [0.25, 0.3) is 0 Å². The van der Waals surface area contributed by atoms with Crippen molar-refractivity contribution in [3.05, 3.63) is 6.92 Å². The lowest BCUT2D eigenvalue weighted by atomic mass is 10.1. The van der Waals surface area contributed by atoms with Gasteiger partial charge in [0.15, 0.2) is 0 Å². The molecule has 5 heteroatoms. The molecule has 1 heterocycles. The predicted octanol–water partition coefficient (Wildman–Crippen LogP) is 0.367. The minimum Gasteiger partial charge on any atom is -0.453 e. The third kappa shape index (κ3) is 2.61. The van der Waals surface area contributed by atoms with Crippen LogP contribution in [0.1, 0.15) is 6.42 Å². The molecule has 1 rings (SSSR count). The number of rotatable bonds is 2. The summed E-state index contributed by atoms with van der Waals surface area (Å²) in [6, 6.07) is 0. The molecule has 1 saturated heterocycles. The van der Waals surface area contributed by atoms with Crippen molar-refractivity contribution in [2.75, 3.05) is 33.8 Å². The Morgan fingerprint density at radius 2 is 2.27 bits per heavy atom. The highest BCUT2D eigenvalue weighted by Crippen LogP contribution is 2.18. The first-order valence-electron chi connectivity index (χ1n) is 4.97. The van der Waals surface area contributed by atoms with Crippen molar-refractivity contribution >= 4 is 12.0 Å². The molecule has 85 valence electrons. The number of carbonyl (C=O) groups excluding carboxylic acids is 2. The van der Waals surface area contributed by atoms with E-state index in [0.717, 1.165) is 0 Å². The summed E-state index contributed by atoms with van der Waals surface area (Å²) in [5.74, 6) is -0.0488. The second kappa shape index (κ2) is 5.00. The van der Waals surface area contributed by atoms with Crippen molar-refractivity contribution in [3.8, 4) is 0 Å². The summed E-state index contributed by atoms with van der Waals surface area (Å²) < 4.78 is 4.60. The van der Waals surface area contributed by atoms with Crippen LogP contribution in [0.15, 0.2) is 0 Å². The molecule has 1 fully saturated rings. The smallest absolute Gasteiger partial charge is 0.409 e. The van der Waals surface area contributed by atoms with Gasteiger partial charge in [-0.1, -0.05) is 0 Å². The average molecular weight is 213 g/mol. The fourth-order valence-electron chi connectivity index (χ4n) is 1.68. The van der Waals surface area contributed by atoms with Crippen molar-refractivity contribution in [2.45, 2.75) is 6.42 Å². The number of methoxy groups -OCH3 is 1. The fourth-order valence-corrected chi connectivity index (χ4v) is 1.68. The first-order valence-corrected chi connectivity index (χ1v) is 4.97. The Hall–Kier alpha value is -1.26. The number of carbonyl (C=O) groups is 2. The number of amides is 2. The molecule has 1 aliphatic rings. The van der Waals surface area contributed by atoms with Gasteiger partial charge >= 0.3 is 6.09 Å². The molecule has 1 atom stereocenters. The third-order valence-electron chi connectivity index (χ3n) is 2.68. The third-order valence-corrected chi connectivity index (χ3v) is 2.68. The van der Waals surface area contributed by atoms with Crippen LogP contribution in [-0.2, 0) is 9.53 Å². The number of hydrogen-bond acceptors (Lipinski definition) is 3. The predicted molar refractivity (Wildman–Crippen MR) is 55.1 cm³/mol. The van der Waals surface area contributed by atoms with Crippen LogP contribution in [0.2, 0.25) is 0 Å². The molecule has 1 radical (unpaired) electrons. The molecule has 0 aromatic rings. The summed E-state index contributed by atoms with van der Waals surface area (Å²) in [4.78, 5) is 26.1. The van der Waals surface area contributed by atoms with Gasteiger partial charge in [-0.25, -0.2) is 4.79 Å². The Labute approximate surface area is 90.0 Å². The van der Waals surface area contributed by atoms with Gasteiger partial charge < -0.3 is 14.5 Å². The largest absolute Gasteiger partial charge is 0.453 e. The molecule has 1 aliphatic heterocycles.